The van der Waals surface area contributed by atoms with Crippen molar-refractivity contribution in [1.29, 1.82) is 0 Å². The standard InChI is InChI=1S/C26H27NO10/c1-5-14-19-17-11(6-9(2)27(19)8-15(29)36-14)16-12(20(17)30)7-13(28)18-23(21(16)31)37-25-26(18,33)24(32)22(34-4)10(3)35-25/h6-7,9-10,14,22,24-25,31-33H,5,8H2,1-4H3/t9?,10-,14-,22-,24-,25+,26-/m1/s1. The molecule has 6 rings (SSSR count). The highest BCUT2D eigenvalue weighted by atomic mass is 16.7. The van der Waals surface area contributed by atoms with Crippen LogP contribution in [0, 0.1) is 0 Å². The summed E-state index contributed by atoms with van der Waals surface area (Å²) >= 11 is 0. The number of carbonyl (C=O) groups excluding carboxylic acids is 2. The normalized spacial score (nSPS) is 35.6. The van der Waals surface area contributed by atoms with Crippen LogP contribution in [0.3, 0.4) is 0 Å². The first-order chi connectivity index (χ1) is 17.5. The predicted molar refractivity (Wildman–Crippen MR) is 126 cm³/mol. The summed E-state index contributed by atoms with van der Waals surface area (Å²) < 4.78 is 22.3. The van der Waals surface area contributed by atoms with Gasteiger partial charge in [0.1, 0.15) is 24.9 Å². The fourth-order valence-electron chi connectivity index (χ4n) is 6.27. The third-order valence-electron chi connectivity index (χ3n) is 8.01. The maximum absolute atomic E-state index is 13.8. The number of hydrogen-bond donors (Lipinski definition) is 3. The van der Waals surface area contributed by atoms with E-state index in [9.17, 15) is 29.7 Å². The molecule has 2 saturated heterocycles. The lowest BCUT2D eigenvalue weighted by molar-refractivity contribution is -0.310. The first-order valence-corrected chi connectivity index (χ1v) is 12.2. The van der Waals surface area contributed by atoms with E-state index in [2.05, 4.69) is 0 Å². The molecule has 0 aromatic heterocycles. The van der Waals surface area contributed by atoms with E-state index in [1.807, 2.05) is 13.8 Å². The number of nitrogens with zero attached hydrogens (tertiary/aromatic N) is 1. The Morgan fingerprint density at radius 1 is 1.22 bits per heavy atom. The van der Waals surface area contributed by atoms with Crippen molar-refractivity contribution in [3.05, 3.63) is 50.3 Å². The summed E-state index contributed by atoms with van der Waals surface area (Å²) in [6.45, 7) is 5.28. The molecule has 4 heterocycles. The number of Topliss-reactive ketones (excluding diaryl/α,β-unsaturated/α-hetero) is 1. The molecule has 0 amide bonds. The summed E-state index contributed by atoms with van der Waals surface area (Å²) in [6, 6.07) is 0.726. The van der Waals surface area contributed by atoms with Gasteiger partial charge in [-0.25, -0.2) is 0 Å². The summed E-state index contributed by atoms with van der Waals surface area (Å²) in [6.07, 6.45) is -3.27. The van der Waals surface area contributed by atoms with Crippen LogP contribution in [0.25, 0.3) is 5.57 Å². The molecule has 196 valence electrons. The van der Waals surface area contributed by atoms with E-state index in [0.717, 1.165) is 6.07 Å². The van der Waals surface area contributed by atoms with Crippen LogP contribution in [0.1, 0.15) is 48.7 Å². The molecule has 1 aromatic carbocycles. The number of fused-ring (bicyclic) bond motifs is 7. The minimum Gasteiger partial charge on any atom is -0.504 e. The van der Waals surface area contributed by atoms with Crippen LogP contribution in [0.15, 0.2) is 28.2 Å². The van der Waals surface area contributed by atoms with Gasteiger partial charge in [0.15, 0.2) is 28.3 Å². The van der Waals surface area contributed by atoms with E-state index in [-0.39, 0.29) is 35.0 Å². The molecule has 1 aromatic rings. The number of methoxy groups -OCH3 is 1. The van der Waals surface area contributed by atoms with Crippen molar-refractivity contribution in [3.63, 3.8) is 0 Å². The fourth-order valence-corrected chi connectivity index (χ4v) is 6.27. The second kappa shape index (κ2) is 7.87. The Labute approximate surface area is 211 Å². The minimum absolute atomic E-state index is 0.0300. The number of allylic oxidation sites excluding steroid dienone is 2. The van der Waals surface area contributed by atoms with Gasteiger partial charge in [-0.15, -0.1) is 0 Å². The predicted octanol–water partition coefficient (Wildman–Crippen LogP) is 0.326. The molecule has 3 N–H and O–H groups in total. The third kappa shape index (κ3) is 2.93. The van der Waals surface area contributed by atoms with Gasteiger partial charge >= 0.3 is 5.97 Å². The highest BCUT2D eigenvalue weighted by Gasteiger charge is 2.63. The van der Waals surface area contributed by atoms with Gasteiger partial charge in [-0.2, -0.15) is 0 Å². The topological polar surface area (TPSA) is 152 Å². The van der Waals surface area contributed by atoms with Crippen molar-refractivity contribution in [1.82, 2.24) is 4.90 Å². The van der Waals surface area contributed by atoms with Gasteiger partial charge in [0.2, 0.25) is 6.29 Å². The second-order valence-electron chi connectivity index (χ2n) is 10.0. The Morgan fingerprint density at radius 2 is 1.95 bits per heavy atom. The number of aliphatic hydroxyl groups is 2. The van der Waals surface area contributed by atoms with Crippen LogP contribution in [0.5, 0.6) is 11.5 Å². The molecule has 1 aliphatic carbocycles. The van der Waals surface area contributed by atoms with Crippen molar-refractivity contribution in [3.8, 4) is 11.5 Å². The van der Waals surface area contributed by atoms with Crippen molar-refractivity contribution in [2.45, 2.75) is 69.5 Å². The fraction of sp³-hybridized carbons (Fsp3) is 0.500. The van der Waals surface area contributed by atoms with Crippen molar-refractivity contribution in [2.75, 3.05) is 13.7 Å². The van der Waals surface area contributed by atoms with Crippen LogP contribution in [0.2, 0.25) is 0 Å². The summed E-state index contributed by atoms with van der Waals surface area (Å²) in [7, 11) is 1.34. The largest absolute Gasteiger partial charge is 0.504 e. The molecule has 11 nitrogen and oxygen atoms in total. The number of hydrogen-bond acceptors (Lipinski definition) is 11. The van der Waals surface area contributed by atoms with Crippen molar-refractivity contribution >= 4 is 17.3 Å². The zero-order chi connectivity index (χ0) is 26.5. The second-order valence-corrected chi connectivity index (χ2v) is 10.0. The van der Waals surface area contributed by atoms with Crippen LogP contribution >= 0.6 is 0 Å². The maximum atomic E-state index is 13.8. The molecule has 0 radical (unpaired) electrons. The molecular formula is C26H27NO10. The highest BCUT2D eigenvalue weighted by Crippen LogP contribution is 2.55. The Bertz CT molecular complexity index is 1380. The number of ether oxygens (including phenoxy) is 4. The van der Waals surface area contributed by atoms with Gasteiger partial charge in [-0.1, -0.05) is 13.0 Å². The first kappa shape index (κ1) is 24.1. The Morgan fingerprint density at radius 3 is 2.62 bits per heavy atom. The number of rotatable bonds is 2. The SMILES string of the molecule is CC[C@H]1OC(=O)CN2C1=C1C(=O)c3cc(=O)c4c(c(O)c3C1=CC2C)O[C@@H]1O[C@H](C)[C@@H](OC)[C@@H](O)[C@]41O. The summed E-state index contributed by atoms with van der Waals surface area (Å²) in [5.41, 5.74) is -2.38. The van der Waals surface area contributed by atoms with Crippen molar-refractivity contribution < 1.29 is 43.9 Å². The molecule has 0 saturated carbocycles. The van der Waals surface area contributed by atoms with Gasteiger partial charge < -0.3 is 39.2 Å². The van der Waals surface area contributed by atoms with Crippen LogP contribution in [-0.4, -0.2) is 82.4 Å². The van der Waals surface area contributed by atoms with Gasteiger partial charge in [0.25, 0.3) is 0 Å². The number of ketones is 1. The molecular weight excluding hydrogens is 486 g/mol. The molecule has 1 unspecified atom stereocenters. The minimum atomic E-state index is -2.34. The quantitative estimate of drug-likeness (QED) is 0.469. The molecule has 37 heavy (non-hydrogen) atoms. The van der Waals surface area contributed by atoms with E-state index in [0.29, 0.717) is 17.7 Å². The lowest BCUT2D eigenvalue weighted by atomic mass is 9.82. The molecule has 7 atom stereocenters. The van der Waals surface area contributed by atoms with Gasteiger partial charge in [-0.05, 0) is 31.9 Å². The monoisotopic (exact) mass is 513 g/mol. The number of aromatic hydroxyl groups is 1. The van der Waals surface area contributed by atoms with Gasteiger partial charge in [-0.3, -0.25) is 14.4 Å². The summed E-state index contributed by atoms with van der Waals surface area (Å²) in [5.74, 6) is -1.80. The van der Waals surface area contributed by atoms with Crippen LogP contribution in [-0.2, 0) is 24.6 Å². The summed E-state index contributed by atoms with van der Waals surface area (Å²) in [5, 5.41) is 34.1. The van der Waals surface area contributed by atoms with E-state index in [4.69, 9.17) is 18.9 Å². The number of carbonyl (C=O) groups is 2. The summed E-state index contributed by atoms with van der Waals surface area (Å²) in [4.78, 5) is 41.3. The zero-order valence-corrected chi connectivity index (χ0v) is 20.7. The Hall–Kier alpha value is -3.25. The first-order valence-electron chi connectivity index (χ1n) is 12.2. The number of cyclic esters (lactones) is 1. The number of aliphatic hydroxyl groups excluding tert-OH is 1. The van der Waals surface area contributed by atoms with E-state index in [1.165, 1.54) is 7.11 Å². The van der Waals surface area contributed by atoms with Gasteiger partial charge in [0.05, 0.1) is 22.9 Å². The van der Waals surface area contributed by atoms with Gasteiger partial charge in [0, 0.05) is 24.3 Å². The molecule has 11 heteroatoms. The average molecular weight is 513 g/mol. The Balaban J connectivity index is 1.59. The number of morpholine rings is 1. The van der Waals surface area contributed by atoms with E-state index < -0.39 is 64.8 Å². The number of esters is 1. The average Bonchev–Trinajstić information content (AvgIpc) is 3.26. The molecule has 0 spiro atoms. The lowest BCUT2D eigenvalue weighted by Crippen LogP contribution is -2.63. The lowest BCUT2D eigenvalue weighted by Gasteiger charge is -2.44. The Kier molecular flexibility index (Phi) is 5.13. The highest BCUT2D eigenvalue weighted by molar-refractivity contribution is 6.28. The van der Waals surface area contributed by atoms with E-state index >= 15 is 0 Å². The van der Waals surface area contributed by atoms with Crippen LogP contribution < -0.4 is 10.2 Å². The van der Waals surface area contributed by atoms with Crippen LogP contribution in [0.4, 0.5) is 0 Å². The maximum Gasteiger partial charge on any atom is 0.326 e. The smallest absolute Gasteiger partial charge is 0.326 e. The third-order valence-corrected chi connectivity index (χ3v) is 8.01. The van der Waals surface area contributed by atoms with E-state index in [1.54, 1.807) is 17.9 Å². The zero-order valence-electron chi connectivity index (χ0n) is 20.7. The molecule has 2 fully saturated rings. The molecule has 0 bridgehead atoms. The molecule has 4 aliphatic heterocycles. The van der Waals surface area contributed by atoms with Crippen molar-refractivity contribution in [2.24, 2.45) is 0 Å². The molecule has 5 aliphatic rings.